The van der Waals surface area contributed by atoms with E-state index in [9.17, 15) is 8.42 Å². The topological polar surface area (TPSA) is 82.8 Å². The number of benzene rings is 3. The zero-order chi connectivity index (χ0) is 18.9. The van der Waals surface area contributed by atoms with Gasteiger partial charge in [-0.15, -0.1) is 11.3 Å². The van der Waals surface area contributed by atoms with Gasteiger partial charge in [0.25, 0.3) is 10.0 Å². The number of hydrogen-bond acceptors (Lipinski definition) is 5. The summed E-state index contributed by atoms with van der Waals surface area (Å²) < 4.78 is 28.8. The molecule has 1 aromatic heterocycles. The highest BCUT2D eigenvalue weighted by molar-refractivity contribution is 7.92. The van der Waals surface area contributed by atoms with Crippen LogP contribution in [0.3, 0.4) is 0 Å². The molecule has 0 bridgehead atoms. The lowest BCUT2D eigenvalue weighted by molar-refractivity contribution is 0.601. The molecule has 0 aliphatic carbocycles. The third-order valence-electron chi connectivity index (χ3n) is 3.95. The van der Waals surface area contributed by atoms with Gasteiger partial charge in [-0.1, -0.05) is 24.3 Å². The van der Waals surface area contributed by atoms with Gasteiger partial charge in [0, 0.05) is 11.3 Å². The maximum absolute atomic E-state index is 12.6. The Morgan fingerprint density at radius 1 is 0.963 bits per heavy atom. The van der Waals surface area contributed by atoms with Gasteiger partial charge in [0.15, 0.2) is 0 Å². The molecule has 1 heterocycles. The maximum atomic E-state index is 12.6. The van der Waals surface area contributed by atoms with E-state index in [2.05, 4.69) is 9.71 Å². The lowest BCUT2D eigenvalue weighted by Crippen LogP contribution is -2.12. The molecule has 5 nitrogen and oxygen atoms in total. The van der Waals surface area contributed by atoms with Crippen LogP contribution in [0.4, 0.5) is 5.69 Å². The zero-order valence-corrected chi connectivity index (χ0v) is 15.6. The molecule has 132 valence electrons. The van der Waals surface area contributed by atoms with Gasteiger partial charge in [-0.2, -0.15) is 5.26 Å². The summed E-state index contributed by atoms with van der Waals surface area (Å²) >= 11 is 1.56. The van der Waals surface area contributed by atoms with Crippen molar-refractivity contribution in [1.29, 1.82) is 5.26 Å². The molecule has 0 atom stereocenters. The van der Waals surface area contributed by atoms with Crippen LogP contribution in [0, 0.1) is 11.3 Å². The summed E-state index contributed by atoms with van der Waals surface area (Å²) in [6, 6.07) is 22.8. The molecule has 0 amide bonds. The maximum Gasteiger partial charge on any atom is 0.261 e. The molecule has 4 rings (SSSR count). The van der Waals surface area contributed by atoms with Crippen molar-refractivity contribution in [2.45, 2.75) is 4.90 Å². The van der Waals surface area contributed by atoms with Crippen molar-refractivity contribution in [3.63, 3.8) is 0 Å². The Bertz CT molecular complexity index is 1240. The summed E-state index contributed by atoms with van der Waals surface area (Å²) in [6.45, 7) is 0. The average Bonchev–Trinajstić information content (AvgIpc) is 3.12. The predicted octanol–water partition coefficient (Wildman–Crippen LogP) is 4.64. The molecule has 0 radical (unpaired) electrons. The van der Waals surface area contributed by atoms with Gasteiger partial charge in [-0.05, 0) is 48.5 Å². The van der Waals surface area contributed by atoms with Crippen molar-refractivity contribution >= 4 is 37.3 Å². The summed E-state index contributed by atoms with van der Waals surface area (Å²) in [6.07, 6.45) is 0. The van der Waals surface area contributed by atoms with Crippen LogP contribution in [0.5, 0.6) is 0 Å². The van der Waals surface area contributed by atoms with E-state index in [1.54, 1.807) is 29.5 Å². The minimum Gasteiger partial charge on any atom is -0.280 e. The number of aromatic nitrogens is 1. The monoisotopic (exact) mass is 391 g/mol. The first-order valence-electron chi connectivity index (χ1n) is 8.04. The minimum absolute atomic E-state index is 0.104. The first-order chi connectivity index (χ1) is 13.0. The quantitative estimate of drug-likeness (QED) is 0.549. The second-order valence-electron chi connectivity index (χ2n) is 5.81. The van der Waals surface area contributed by atoms with Crippen LogP contribution in [0.2, 0.25) is 0 Å². The Hall–Kier alpha value is -3.21. The van der Waals surface area contributed by atoms with Gasteiger partial charge in [-0.25, -0.2) is 13.4 Å². The van der Waals surface area contributed by atoms with E-state index in [4.69, 9.17) is 5.26 Å². The molecule has 0 saturated carbocycles. The van der Waals surface area contributed by atoms with E-state index in [0.717, 1.165) is 20.8 Å². The fourth-order valence-electron chi connectivity index (χ4n) is 2.63. The number of hydrogen-bond donors (Lipinski definition) is 1. The number of para-hydroxylation sites is 1. The molecule has 0 saturated heterocycles. The number of nitrogens with zero attached hydrogens (tertiary/aromatic N) is 2. The van der Waals surface area contributed by atoms with Crippen LogP contribution in [0.25, 0.3) is 20.8 Å². The van der Waals surface area contributed by atoms with Crippen LogP contribution in [-0.4, -0.2) is 13.4 Å². The van der Waals surface area contributed by atoms with Crippen molar-refractivity contribution in [2.75, 3.05) is 4.72 Å². The summed E-state index contributed by atoms with van der Waals surface area (Å²) in [5, 5.41) is 9.67. The Kier molecular flexibility index (Phi) is 4.36. The molecule has 0 spiro atoms. The number of nitrogens with one attached hydrogen (secondary N) is 1. The molecule has 27 heavy (non-hydrogen) atoms. The Morgan fingerprint density at radius 2 is 1.74 bits per heavy atom. The number of nitriles is 1. The Labute approximate surface area is 160 Å². The molecule has 0 unspecified atom stereocenters. The standard InChI is InChI=1S/C20H13N3O2S2/c21-13-14-8-10-17(11-9-14)27(24,25)23-16-5-3-4-15(12-16)20-22-18-6-1-2-7-19(18)26-20/h1-12,23H. The molecule has 1 N–H and O–H groups in total. The number of thiazole rings is 1. The van der Waals surface area contributed by atoms with Crippen LogP contribution in [0.15, 0.2) is 77.7 Å². The van der Waals surface area contributed by atoms with Gasteiger partial charge < -0.3 is 0 Å². The number of anilines is 1. The molecule has 0 aliphatic rings. The SMILES string of the molecule is N#Cc1ccc(S(=O)(=O)Nc2cccc(-c3nc4ccccc4s3)c2)cc1. The lowest BCUT2D eigenvalue weighted by atomic mass is 10.2. The number of fused-ring (bicyclic) bond motifs is 1. The molecule has 7 heteroatoms. The highest BCUT2D eigenvalue weighted by Gasteiger charge is 2.15. The molecule has 3 aromatic carbocycles. The second kappa shape index (κ2) is 6.83. The first kappa shape index (κ1) is 17.2. The van der Waals surface area contributed by atoms with E-state index in [-0.39, 0.29) is 4.90 Å². The van der Waals surface area contributed by atoms with E-state index in [0.29, 0.717) is 11.3 Å². The average molecular weight is 391 g/mol. The van der Waals surface area contributed by atoms with E-state index >= 15 is 0 Å². The fraction of sp³-hybridized carbons (Fsp3) is 0. The first-order valence-corrected chi connectivity index (χ1v) is 10.3. The Morgan fingerprint density at radius 3 is 2.48 bits per heavy atom. The van der Waals surface area contributed by atoms with Crippen molar-refractivity contribution in [3.8, 4) is 16.6 Å². The third-order valence-corrected chi connectivity index (χ3v) is 6.43. The summed E-state index contributed by atoms with van der Waals surface area (Å²) in [5.41, 5.74) is 2.63. The minimum atomic E-state index is -3.74. The van der Waals surface area contributed by atoms with E-state index in [1.165, 1.54) is 24.3 Å². The lowest BCUT2D eigenvalue weighted by Gasteiger charge is -2.09. The van der Waals surface area contributed by atoms with E-state index in [1.807, 2.05) is 36.4 Å². The largest absolute Gasteiger partial charge is 0.280 e. The molecule has 4 aromatic rings. The van der Waals surface area contributed by atoms with Gasteiger partial charge in [0.2, 0.25) is 0 Å². The van der Waals surface area contributed by atoms with Gasteiger partial charge >= 0.3 is 0 Å². The Balaban J connectivity index is 1.65. The van der Waals surface area contributed by atoms with Gasteiger partial charge in [0.05, 0.1) is 26.7 Å². The molecular formula is C20H13N3O2S2. The van der Waals surface area contributed by atoms with Crippen molar-refractivity contribution in [1.82, 2.24) is 4.98 Å². The van der Waals surface area contributed by atoms with Gasteiger partial charge in [0.1, 0.15) is 5.01 Å². The summed E-state index contributed by atoms with van der Waals surface area (Å²) in [4.78, 5) is 4.71. The molecule has 0 fully saturated rings. The van der Waals surface area contributed by atoms with Crippen LogP contribution in [0.1, 0.15) is 5.56 Å². The number of rotatable bonds is 4. The summed E-state index contributed by atoms with van der Waals surface area (Å²) in [7, 11) is -3.74. The van der Waals surface area contributed by atoms with Crippen molar-refractivity contribution in [3.05, 3.63) is 78.4 Å². The molecule has 0 aliphatic heterocycles. The summed E-state index contributed by atoms with van der Waals surface area (Å²) in [5.74, 6) is 0. The number of sulfonamides is 1. The normalized spacial score (nSPS) is 11.2. The van der Waals surface area contributed by atoms with Crippen LogP contribution < -0.4 is 4.72 Å². The van der Waals surface area contributed by atoms with Crippen LogP contribution in [-0.2, 0) is 10.0 Å². The van der Waals surface area contributed by atoms with E-state index < -0.39 is 10.0 Å². The fourth-order valence-corrected chi connectivity index (χ4v) is 4.65. The third kappa shape index (κ3) is 3.53. The highest BCUT2D eigenvalue weighted by atomic mass is 32.2. The highest BCUT2D eigenvalue weighted by Crippen LogP contribution is 2.31. The van der Waals surface area contributed by atoms with Gasteiger partial charge in [-0.3, -0.25) is 4.72 Å². The second-order valence-corrected chi connectivity index (χ2v) is 8.52. The molecular weight excluding hydrogens is 378 g/mol. The predicted molar refractivity (Wildman–Crippen MR) is 107 cm³/mol. The smallest absolute Gasteiger partial charge is 0.261 e. The zero-order valence-electron chi connectivity index (χ0n) is 14.0. The van der Waals surface area contributed by atoms with Crippen molar-refractivity contribution in [2.24, 2.45) is 0 Å². The van der Waals surface area contributed by atoms with Crippen molar-refractivity contribution < 1.29 is 8.42 Å². The van der Waals surface area contributed by atoms with Crippen LogP contribution >= 0.6 is 11.3 Å².